The van der Waals surface area contributed by atoms with Crippen LogP contribution in [0.5, 0.6) is 0 Å². The third kappa shape index (κ3) is 3.56. The fraction of sp³-hybridized carbons (Fsp3) is 0.625. The minimum Gasteiger partial charge on any atom is -0.299 e. The molecule has 0 saturated carbocycles. The number of piperidine rings is 1. The summed E-state index contributed by atoms with van der Waals surface area (Å²) in [6.07, 6.45) is 8.65. The van der Waals surface area contributed by atoms with E-state index in [1.807, 2.05) is 24.1 Å². The van der Waals surface area contributed by atoms with E-state index < -0.39 is 0 Å². The first-order valence-electron chi connectivity index (χ1n) is 7.89. The Morgan fingerprint density at radius 3 is 2.95 bits per heavy atom. The quantitative estimate of drug-likeness (QED) is 0.848. The monoisotopic (exact) mass is 319 g/mol. The maximum Gasteiger partial charge on any atom is 0.107 e. The second-order valence-electron chi connectivity index (χ2n) is 6.40. The summed E-state index contributed by atoms with van der Waals surface area (Å²) in [5.41, 5.74) is 1.34. The summed E-state index contributed by atoms with van der Waals surface area (Å²) in [7, 11) is 6.44. The Labute approximate surface area is 136 Å². The summed E-state index contributed by atoms with van der Waals surface area (Å²) in [5, 5.41) is 7.62. The van der Waals surface area contributed by atoms with E-state index in [-0.39, 0.29) is 0 Å². The molecule has 0 spiro atoms. The standard InChI is InChI=1S/C16H25N5S/c1-19(12-15-17-6-8-22-15)10-13-5-4-7-20(2)16(13)14-9-18-21(3)11-14/h6,8-9,11,13,16H,4-5,7,10,12H2,1-3H3/t13-,16+/m0/s1. The van der Waals surface area contributed by atoms with Crippen LogP contribution in [-0.4, -0.2) is 51.7 Å². The predicted molar refractivity (Wildman–Crippen MR) is 89.8 cm³/mol. The van der Waals surface area contributed by atoms with E-state index in [0.717, 1.165) is 13.1 Å². The third-order valence-corrected chi connectivity index (χ3v) is 5.27. The molecule has 0 N–H and O–H groups in total. The molecule has 2 aromatic heterocycles. The number of hydrogen-bond acceptors (Lipinski definition) is 5. The molecule has 0 bridgehead atoms. The van der Waals surface area contributed by atoms with Gasteiger partial charge in [0.05, 0.1) is 12.7 Å². The first kappa shape index (κ1) is 15.6. The highest BCUT2D eigenvalue weighted by molar-refractivity contribution is 7.09. The molecule has 1 fully saturated rings. The topological polar surface area (TPSA) is 37.2 Å². The summed E-state index contributed by atoms with van der Waals surface area (Å²) < 4.78 is 1.91. The average molecular weight is 319 g/mol. The molecule has 22 heavy (non-hydrogen) atoms. The van der Waals surface area contributed by atoms with Gasteiger partial charge in [0.25, 0.3) is 0 Å². The molecule has 6 heteroatoms. The second kappa shape index (κ2) is 6.89. The van der Waals surface area contributed by atoms with Crippen LogP contribution in [0.1, 0.15) is 29.5 Å². The number of thiazole rings is 1. The summed E-state index contributed by atoms with van der Waals surface area (Å²) in [5.74, 6) is 0.646. The smallest absolute Gasteiger partial charge is 0.107 e. The highest BCUT2D eigenvalue weighted by Gasteiger charge is 2.32. The van der Waals surface area contributed by atoms with Crippen molar-refractivity contribution in [2.24, 2.45) is 13.0 Å². The molecule has 0 amide bonds. The second-order valence-corrected chi connectivity index (χ2v) is 7.38. The van der Waals surface area contributed by atoms with E-state index in [0.29, 0.717) is 12.0 Å². The SMILES string of the molecule is CN(Cc1nccs1)C[C@@H]1CCCN(C)[C@H]1c1cnn(C)c1. The van der Waals surface area contributed by atoms with E-state index in [1.165, 1.54) is 30.0 Å². The first-order valence-corrected chi connectivity index (χ1v) is 8.77. The van der Waals surface area contributed by atoms with E-state index in [1.54, 1.807) is 11.3 Å². The van der Waals surface area contributed by atoms with Gasteiger partial charge in [0, 0.05) is 43.0 Å². The molecule has 0 unspecified atom stereocenters. The highest BCUT2D eigenvalue weighted by Crippen LogP contribution is 2.35. The molecule has 1 aliphatic rings. The van der Waals surface area contributed by atoms with Crippen LogP contribution in [0.2, 0.25) is 0 Å². The third-order valence-electron chi connectivity index (χ3n) is 4.51. The maximum atomic E-state index is 4.40. The molecule has 120 valence electrons. The van der Waals surface area contributed by atoms with Crippen LogP contribution in [-0.2, 0) is 13.6 Å². The first-order chi connectivity index (χ1) is 10.6. The lowest BCUT2D eigenvalue weighted by atomic mass is 9.86. The van der Waals surface area contributed by atoms with Crippen molar-refractivity contribution in [2.75, 3.05) is 27.2 Å². The Balaban J connectivity index is 1.69. The normalized spacial score (nSPS) is 23.3. The van der Waals surface area contributed by atoms with Crippen LogP contribution >= 0.6 is 11.3 Å². The van der Waals surface area contributed by atoms with Gasteiger partial charge in [0.2, 0.25) is 0 Å². The van der Waals surface area contributed by atoms with Crippen molar-refractivity contribution < 1.29 is 0 Å². The van der Waals surface area contributed by atoms with Gasteiger partial charge < -0.3 is 0 Å². The van der Waals surface area contributed by atoms with E-state index in [2.05, 4.69) is 45.6 Å². The van der Waals surface area contributed by atoms with Gasteiger partial charge in [-0.2, -0.15) is 5.10 Å². The molecule has 3 heterocycles. The van der Waals surface area contributed by atoms with Crippen LogP contribution in [0.4, 0.5) is 0 Å². The van der Waals surface area contributed by atoms with Crippen LogP contribution in [0, 0.1) is 5.92 Å². The Bertz CT molecular complexity index is 579. The molecule has 5 nitrogen and oxygen atoms in total. The molecular weight excluding hydrogens is 294 g/mol. The van der Waals surface area contributed by atoms with Gasteiger partial charge in [0.1, 0.15) is 5.01 Å². The maximum absolute atomic E-state index is 4.40. The number of aromatic nitrogens is 3. The molecule has 0 aliphatic carbocycles. The minimum atomic E-state index is 0.473. The highest BCUT2D eigenvalue weighted by atomic mass is 32.1. The summed E-state index contributed by atoms with van der Waals surface area (Å²) >= 11 is 1.74. The van der Waals surface area contributed by atoms with Crippen LogP contribution < -0.4 is 0 Å². The zero-order valence-corrected chi connectivity index (χ0v) is 14.5. The molecule has 0 aromatic carbocycles. The van der Waals surface area contributed by atoms with Crippen molar-refractivity contribution in [3.63, 3.8) is 0 Å². The van der Waals surface area contributed by atoms with Gasteiger partial charge in [-0.05, 0) is 39.4 Å². The van der Waals surface area contributed by atoms with Gasteiger partial charge in [-0.1, -0.05) is 0 Å². The zero-order valence-electron chi connectivity index (χ0n) is 13.6. The molecule has 1 saturated heterocycles. The molecule has 2 aromatic rings. The number of nitrogens with zero attached hydrogens (tertiary/aromatic N) is 5. The number of rotatable bonds is 5. The summed E-state index contributed by atoms with van der Waals surface area (Å²) in [6.45, 7) is 3.22. The zero-order chi connectivity index (χ0) is 15.5. The Kier molecular flexibility index (Phi) is 4.90. The van der Waals surface area contributed by atoms with Crippen molar-refractivity contribution in [3.05, 3.63) is 34.5 Å². The van der Waals surface area contributed by atoms with E-state index in [9.17, 15) is 0 Å². The molecule has 1 aliphatic heterocycles. The van der Waals surface area contributed by atoms with Crippen molar-refractivity contribution in [1.82, 2.24) is 24.6 Å². The van der Waals surface area contributed by atoms with Crippen molar-refractivity contribution in [2.45, 2.75) is 25.4 Å². The van der Waals surface area contributed by atoms with Crippen molar-refractivity contribution in [3.8, 4) is 0 Å². The summed E-state index contributed by atoms with van der Waals surface area (Å²) in [4.78, 5) is 9.30. The Morgan fingerprint density at radius 1 is 1.41 bits per heavy atom. The lowest BCUT2D eigenvalue weighted by molar-refractivity contribution is 0.0925. The van der Waals surface area contributed by atoms with Gasteiger partial charge in [-0.15, -0.1) is 11.3 Å². The Hall–Kier alpha value is -1.24. The van der Waals surface area contributed by atoms with Crippen molar-refractivity contribution >= 4 is 11.3 Å². The van der Waals surface area contributed by atoms with Crippen LogP contribution in [0.25, 0.3) is 0 Å². The van der Waals surface area contributed by atoms with E-state index in [4.69, 9.17) is 0 Å². The number of likely N-dealkylation sites (tertiary alicyclic amines) is 1. The summed E-state index contributed by atoms with van der Waals surface area (Å²) in [6, 6.07) is 0.473. The fourth-order valence-corrected chi connectivity index (χ4v) is 4.29. The minimum absolute atomic E-state index is 0.473. The fourth-order valence-electron chi connectivity index (χ4n) is 3.60. The average Bonchev–Trinajstić information content (AvgIpc) is 3.11. The van der Waals surface area contributed by atoms with Crippen LogP contribution in [0.15, 0.2) is 24.0 Å². The lowest BCUT2D eigenvalue weighted by Gasteiger charge is -2.40. The molecular formula is C16H25N5S. The van der Waals surface area contributed by atoms with Crippen molar-refractivity contribution in [1.29, 1.82) is 0 Å². The van der Waals surface area contributed by atoms with Gasteiger partial charge in [0.15, 0.2) is 0 Å². The predicted octanol–water partition coefficient (Wildman–Crippen LogP) is 2.39. The molecule has 0 radical (unpaired) electrons. The van der Waals surface area contributed by atoms with Gasteiger partial charge >= 0.3 is 0 Å². The Morgan fingerprint density at radius 2 is 2.27 bits per heavy atom. The number of aryl methyl sites for hydroxylation is 1. The largest absolute Gasteiger partial charge is 0.299 e. The van der Waals surface area contributed by atoms with Crippen LogP contribution in [0.3, 0.4) is 0 Å². The lowest BCUT2D eigenvalue weighted by Crippen LogP contribution is -2.40. The van der Waals surface area contributed by atoms with Gasteiger partial charge in [-0.25, -0.2) is 4.98 Å². The van der Waals surface area contributed by atoms with E-state index >= 15 is 0 Å². The number of hydrogen-bond donors (Lipinski definition) is 0. The molecule has 2 atom stereocenters. The molecule has 3 rings (SSSR count). The van der Waals surface area contributed by atoms with Gasteiger partial charge in [-0.3, -0.25) is 14.5 Å².